The number of thioether (sulfide) groups is 2. The average Bonchev–Trinajstić information content (AvgIpc) is 1.62. The zero-order valence-electron chi connectivity index (χ0n) is 53.2. The fourth-order valence-corrected chi connectivity index (χ4v) is 15.1. The Hall–Kier alpha value is -8.60. The molecule has 0 aromatic heterocycles. The van der Waals surface area contributed by atoms with Crippen LogP contribution in [-0.4, -0.2) is 214 Å². The van der Waals surface area contributed by atoms with Gasteiger partial charge in [-0.2, -0.15) is 23.5 Å². The topological polar surface area (TPSA) is 533 Å². The normalized spacial score (nSPS) is 25.5. The van der Waals surface area contributed by atoms with Crippen molar-refractivity contribution in [2.24, 2.45) is 46.4 Å². The molecule has 2 heterocycles. The first kappa shape index (κ1) is 76.4. The number of benzene rings is 2. The number of carbonyl (C=O) groups is 14. The fraction of sp³-hybridized carbons (Fsp3) is 0.581. The number of nitrogens with one attached hydrogen (secondary N) is 10. The van der Waals surface area contributed by atoms with Gasteiger partial charge >= 0.3 is 0 Å². The highest BCUT2D eigenvalue weighted by molar-refractivity contribution is 8.03. The largest absolute Gasteiger partial charge is 0.508 e. The van der Waals surface area contributed by atoms with Crippen LogP contribution in [-0.2, 0) is 80.0 Å². The number of primary amides is 3. The Bertz CT molecular complexity index is 3100. The first-order valence-corrected chi connectivity index (χ1v) is 34.1. The number of phenolic OH excluding ortho intramolecular Hbond substituents is 1. The number of carbonyl (C=O) groups excluding carboxylic acids is 14. The maximum absolute atomic E-state index is 15.4. The van der Waals surface area contributed by atoms with E-state index in [4.69, 9.17) is 28.7 Å². The molecule has 0 radical (unpaired) electrons. The summed E-state index contributed by atoms with van der Waals surface area (Å²) in [6.07, 6.45) is 1.11. The summed E-state index contributed by atoms with van der Waals surface area (Å²) in [6.45, 7) is -1.95. The molecule has 2 aromatic carbocycles. The molecule has 2 aromatic rings. The molecule has 13 atom stereocenters. The lowest BCUT2D eigenvalue weighted by Crippen LogP contribution is -2.61. The van der Waals surface area contributed by atoms with Gasteiger partial charge < -0.3 is 96.9 Å². The summed E-state index contributed by atoms with van der Waals surface area (Å²) in [7, 11) is 0. The molecule has 4 aliphatic rings. The van der Waals surface area contributed by atoms with E-state index in [-0.39, 0.29) is 86.8 Å². The number of unbranched alkanes of at least 4 members (excludes halogenated alkanes) is 1. The zero-order chi connectivity index (χ0) is 70.0. The van der Waals surface area contributed by atoms with Crippen LogP contribution in [0, 0.1) is 17.8 Å². The molecular formula is C62H90N16O16S2. The number of nitrogens with two attached hydrogens (primary N) is 5. The maximum atomic E-state index is 15.4. The summed E-state index contributed by atoms with van der Waals surface area (Å²) in [6, 6.07) is 1.83. The molecule has 4 fully saturated rings. The number of nitrogens with zero attached hydrogens (tertiary/aromatic N) is 1. The van der Waals surface area contributed by atoms with Gasteiger partial charge in [0.15, 0.2) is 0 Å². The van der Waals surface area contributed by atoms with Crippen LogP contribution in [0.3, 0.4) is 0 Å². The molecule has 32 nitrogen and oxygen atoms in total. The second-order valence-corrected chi connectivity index (χ2v) is 26.8. The van der Waals surface area contributed by atoms with Crippen molar-refractivity contribution in [1.82, 2.24) is 58.1 Å². The second kappa shape index (κ2) is 38.2. The third kappa shape index (κ3) is 24.2. The van der Waals surface area contributed by atoms with Crippen LogP contribution in [0.4, 0.5) is 0 Å². The fourth-order valence-electron chi connectivity index (χ4n) is 11.9. The molecule has 526 valence electrons. The van der Waals surface area contributed by atoms with Crippen LogP contribution in [0.5, 0.6) is 5.75 Å². The minimum absolute atomic E-state index is 0.00400. The van der Waals surface area contributed by atoms with Gasteiger partial charge in [-0.25, -0.2) is 0 Å². The smallest absolute Gasteiger partial charge is 0.246 e. The molecule has 6 rings (SSSR count). The molecule has 0 bridgehead atoms. The minimum Gasteiger partial charge on any atom is -0.508 e. The summed E-state index contributed by atoms with van der Waals surface area (Å²) in [5.41, 5.74) is 28.5. The van der Waals surface area contributed by atoms with E-state index in [0.717, 1.165) is 0 Å². The zero-order valence-corrected chi connectivity index (χ0v) is 54.9. The lowest BCUT2D eigenvalue weighted by Gasteiger charge is -2.33. The standard InChI is InChI=1S/C62H90N16O16S2/c63-21-5-4-9-39(55(87)70-27-51(67)83)73-61(93)46-10-6-22-78(46)62(94)45-32-96-48-19-16-37-36(38(37)30-79)15-18-47(48)95-31-44(71-54(86)29-69-53(85)28-68-52(84)26-64)60(92)75-42(24-34-11-13-35(80)14-12-34)58(90)74-41(23-33-7-2-1-3-8-33)57(89)72-40(17-20-49(65)81)56(88)76-43(25-50(66)82)59(91)77-45/h1-3,7-8,11-14,36-48,79-80H,4-6,9-10,15-32,63-64H2,(H2,65,81)(H2,66,82)(H2,67,83)(H,68,84)(H,69,85)(H,70,87)(H,71,86)(H,72,89)(H,73,93)(H,74,90)(H,75,92)(H,76,88)(H,77,91)/t36-,37+,38+,39-,40-,41-,42-,43-,44-,45-,46-,47?,48?/m0/s1. The average molecular weight is 1380 g/mol. The number of hydrogen-bond donors (Lipinski definition) is 17. The van der Waals surface area contributed by atoms with E-state index in [1.54, 1.807) is 30.3 Å². The number of amides is 14. The first-order valence-electron chi connectivity index (χ1n) is 32.0. The number of likely N-dealkylation sites (tertiary alicyclic amines) is 1. The van der Waals surface area contributed by atoms with Gasteiger partial charge in [0.05, 0.1) is 32.6 Å². The predicted molar refractivity (Wildman–Crippen MR) is 351 cm³/mol. The van der Waals surface area contributed by atoms with Gasteiger partial charge in [-0.3, -0.25) is 67.1 Å². The van der Waals surface area contributed by atoms with E-state index in [2.05, 4.69) is 53.2 Å². The van der Waals surface area contributed by atoms with Crippen LogP contribution in [0.2, 0.25) is 0 Å². The second-order valence-electron chi connectivity index (χ2n) is 24.2. The van der Waals surface area contributed by atoms with E-state index in [1.807, 2.05) is 0 Å². The minimum atomic E-state index is -1.86. The Balaban J connectivity index is 1.45. The molecule has 0 spiro atoms. The molecule has 22 N–H and O–H groups in total. The van der Waals surface area contributed by atoms with Crippen molar-refractivity contribution < 1.29 is 77.3 Å². The molecule has 2 saturated heterocycles. The molecule has 2 unspecified atom stereocenters. The van der Waals surface area contributed by atoms with Gasteiger partial charge in [0, 0.05) is 54.4 Å². The molecule has 2 aliphatic heterocycles. The molecule has 34 heteroatoms. The third-order valence-electron chi connectivity index (χ3n) is 17.1. The molecular weight excluding hydrogens is 1290 g/mol. The van der Waals surface area contributed by atoms with Gasteiger partial charge in [-0.15, -0.1) is 0 Å². The van der Waals surface area contributed by atoms with E-state index in [0.29, 0.717) is 49.7 Å². The Labute approximate surface area is 563 Å². The van der Waals surface area contributed by atoms with Gasteiger partial charge in [-0.1, -0.05) is 42.5 Å². The van der Waals surface area contributed by atoms with Gasteiger partial charge in [0.1, 0.15) is 54.1 Å². The molecule has 2 aliphatic carbocycles. The number of aliphatic hydroxyl groups is 1. The summed E-state index contributed by atoms with van der Waals surface area (Å²) in [5, 5.41) is 45.4. The van der Waals surface area contributed by atoms with Crippen molar-refractivity contribution in [2.75, 3.05) is 57.4 Å². The number of hydrogen-bond acceptors (Lipinski definition) is 20. The number of phenols is 1. The monoisotopic (exact) mass is 1380 g/mol. The van der Waals surface area contributed by atoms with Crippen molar-refractivity contribution >= 4 is 106 Å². The van der Waals surface area contributed by atoms with Crippen LogP contribution in [0.25, 0.3) is 0 Å². The maximum Gasteiger partial charge on any atom is 0.246 e. The van der Waals surface area contributed by atoms with Crippen molar-refractivity contribution in [2.45, 2.75) is 149 Å². The van der Waals surface area contributed by atoms with Crippen LogP contribution in [0.1, 0.15) is 88.2 Å². The summed E-state index contributed by atoms with van der Waals surface area (Å²) in [4.78, 5) is 194. The number of fused-ring (bicyclic) bond motifs is 2. The highest BCUT2D eigenvalue weighted by Gasteiger charge is 2.51. The number of rotatable bonds is 26. The van der Waals surface area contributed by atoms with Crippen molar-refractivity contribution in [3.05, 3.63) is 65.7 Å². The van der Waals surface area contributed by atoms with Crippen LogP contribution >= 0.6 is 23.5 Å². The van der Waals surface area contributed by atoms with E-state index in [1.165, 1.54) is 52.7 Å². The van der Waals surface area contributed by atoms with Crippen molar-refractivity contribution in [1.29, 1.82) is 0 Å². The van der Waals surface area contributed by atoms with Crippen LogP contribution < -0.4 is 81.8 Å². The SMILES string of the molecule is NCCCC[C@H](NC(=O)[C@@H]1CCCN1C(=O)[C@@H]1CSC2CC[C@H]3[C@H](CO)[C@H]3CCC2SC[C@H](NC(=O)CNC(=O)CNC(=O)CN)C(=O)N[C@@H](Cc2ccc(O)cc2)C(=O)N[C@@H](Cc2ccccc2)C(=O)N[C@@H](CCC(N)=O)C(=O)N[C@@H](CC(N)=O)C(=O)N1)C(=O)NCC(N)=O. The Kier molecular flexibility index (Phi) is 30.4. The summed E-state index contributed by atoms with van der Waals surface area (Å²) in [5.74, 6) is -12.7. The Morgan fingerprint density at radius 2 is 1.18 bits per heavy atom. The third-order valence-corrected chi connectivity index (χ3v) is 20.3. The Morgan fingerprint density at radius 3 is 1.78 bits per heavy atom. The van der Waals surface area contributed by atoms with Gasteiger partial charge in [-0.05, 0) is 112 Å². The quantitative estimate of drug-likeness (QED) is 0.0390. The number of aliphatic hydroxyl groups excluding tert-OH is 1. The van der Waals surface area contributed by atoms with E-state index < -0.39 is 187 Å². The highest BCUT2D eigenvalue weighted by Crippen LogP contribution is 2.55. The number of aromatic hydroxyl groups is 1. The lowest BCUT2D eigenvalue weighted by atomic mass is 10.00. The van der Waals surface area contributed by atoms with Gasteiger partial charge in [0.25, 0.3) is 0 Å². The van der Waals surface area contributed by atoms with Crippen molar-refractivity contribution in [3.8, 4) is 5.75 Å². The lowest BCUT2D eigenvalue weighted by molar-refractivity contribution is -0.142. The van der Waals surface area contributed by atoms with Gasteiger partial charge in [0.2, 0.25) is 82.7 Å². The van der Waals surface area contributed by atoms with Crippen molar-refractivity contribution in [3.63, 3.8) is 0 Å². The molecule has 14 amide bonds. The summed E-state index contributed by atoms with van der Waals surface area (Å²) < 4.78 is 0. The predicted octanol–water partition coefficient (Wildman–Crippen LogP) is -5.73. The first-order chi connectivity index (χ1) is 45.9. The molecule has 2 saturated carbocycles. The molecule has 96 heavy (non-hydrogen) atoms. The Morgan fingerprint density at radius 1 is 0.604 bits per heavy atom. The van der Waals surface area contributed by atoms with E-state index in [9.17, 15) is 67.7 Å². The van der Waals surface area contributed by atoms with Crippen LogP contribution in [0.15, 0.2) is 54.6 Å². The highest BCUT2D eigenvalue weighted by atomic mass is 32.2. The summed E-state index contributed by atoms with van der Waals surface area (Å²) >= 11 is 2.53. The van der Waals surface area contributed by atoms with E-state index >= 15 is 9.59 Å².